The third-order valence-electron chi connectivity index (χ3n) is 4.80. The van der Waals surface area contributed by atoms with E-state index in [1.165, 1.54) is 4.57 Å². The number of pyridine rings is 2. The van der Waals surface area contributed by atoms with E-state index in [1.54, 1.807) is 18.5 Å². The number of carbonyl (C=O) groups excluding carboxylic acids is 2. The van der Waals surface area contributed by atoms with Gasteiger partial charge in [0.25, 0.3) is 0 Å². The fourth-order valence-electron chi connectivity index (χ4n) is 3.34. The number of amides is 1. The zero-order chi connectivity index (χ0) is 21.5. The van der Waals surface area contributed by atoms with Crippen LogP contribution in [0.1, 0.15) is 38.1 Å². The van der Waals surface area contributed by atoms with Gasteiger partial charge in [0.15, 0.2) is 0 Å². The van der Waals surface area contributed by atoms with Crippen molar-refractivity contribution in [3.8, 4) is 11.3 Å². The third-order valence-corrected chi connectivity index (χ3v) is 4.80. The second-order valence-corrected chi connectivity index (χ2v) is 8.41. The number of aromatic nitrogens is 3. The van der Waals surface area contributed by atoms with E-state index in [-0.39, 0.29) is 12.3 Å². The van der Waals surface area contributed by atoms with Gasteiger partial charge in [-0.05, 0) is 39.0 Å². The quantitative estimate of drug-likeness (QED) is 0.711. The molecule has 3 aromatic heterocycles. The minimum atomic E-state index is -0.643. The molecule has 1 fully saturated rings. The summed E-state index contributed by atoms with van der Waals surface area (Å²) in [5, 5.41) is 0.751. The van der Waals surface area contributed by atoms with Crippen molar-refractivity contribution in [1.82, 2.24) is 14.5 Å². The van der Waals surface area contributed by atoms with E-state index in [9.17, 15) is 9.59 Å². The van der Waals surface area contributed by atoms with Crippen LogP contribution in [0, 0.1) is 0 Å². The lowest BCUT2D eigenvalue weighted by molar-refractivity contribution is -0.117. The van der Waals surface area contributed by atoms with Crippen LogP contribution in [-0.2, 0) is 20.7 Å². The molecule has 8 heteroatoms. The van der Waals surface area contributed by atoms with Crippen LogP contribution in [0.2, 0.25) is 0 Å². The van der Waals surface area contributed by atoms with Crippen molar-refractivity contribution in [3.05, 3.63) is 48.0 Å². The van der Waals surface area contributed by atoms with E-state index < -0.39 is 17.6 Å². The number of rotatable bonds is 4. The number of primary amides is 1. The largest absolute Gasteiger partial charge is 0.443 e. The van der Waals surface area contributed by atoms with Gasteiger partial charge in [-0.2, -0.15) is 0 Å². The minimum absolute atomic E-state index is 0.0138. The average molecular weight is 408 g/mol. The molecule has 0 bridgehead atoms. The molecule has 8 nitrogen and oxygen atoms in total. The number of carbonyl (C=O) groups is 2. The number of nitrogens with zero attached hydrogens (tertiary/aromatic N) is 3. The molecule has 3 aromatic rings. The van der Waals surface area contributed by atoms with Gasteiger partial charge in [-0.25, -0.2) is 4.79 Å². The van der Waals surface area contributed by atoms with E-state index in [0.717, 1.165) is 22.3 Å². The first kappa shape index (κ1) is 20.0. The van der Waals surface area contributed by atoms with Crippen LogP contribution in [0.5, 0.6) is 0 Å². The summed E-state index contributed by atoms with van der Waals surface area (Å²) in [5.41, 5.74) is 8.22. The molecule has 30 heavy (non-hydrogen) atoms. The Balaban J connectivity index is 1.84. The lowest BCUT2D eigenvalue weighted by atomic mass is 10.0. The van der Waals surface area contributed by atoms with E-state index in [0.29, 0.717) is 24.4 Å². The highest BCUT2D eigenvalue weighted by Crippen LogP contribution is 2.32. The molecule has 0 aliphatic carbocycles. The average Bonchev–Trinajstić information content (AvgIpc) is 2.97. The predicted molar refractivity (Wildman–Crippen MR) is 111 cm³/mol. The van der Waals surface area contributed by atoms with Crippen LogP contribution < -0.4 is 5.73 Å². The highest BCUT2D eigenvalue weighted by Gasteiger charge is 2.25. The van der Waals surface area contributed by atoms with Gasteiger partial charge < -0.3 is 15.2 Å². The normalized spacial score (nSPS) is 14.5. The van der Waals surface area contributed by atoms with Gasteiger partial charge in [0.2, 0.25) is 5.91 Å². The molecule has 4 heterocycles. The maximum absolute atomic E-state index is 12.8. The van der Waals surface area contributed by atoms with Crippen LogP contribution >= 0.6 is 0 Å². The second kappa shape index (κ2) is 7.53. The molecule has 0 radical (unpaired) electrons. The number of fused-ring (bicyclic) bond motifs is 1. The first-order valence-corrected chi connectivity index (χ1v) is 9.78. The molecule has 0 saturated carbocycles. The Labute approximate surface area is 174 Å². The van der Waals surface area contributed by atoms with E-state index in [2.05, 4.69) is 4.98 Å². The van der Waals surface area contributed by atoms with E-state index in [4.69, 9.17) is 20.2 Å². The van der Waals surface area contributed by atoms with Crippen LogP contribution in [0.15, 0.2) is 36.7 Å². The highest BCUT2D eigenvalue weighted by atomic mass is 16.6. The molecule has 0 atom stereocenters. The zero-order valence-electron chi connectivity index (χ0n) is 17.2. The topological polar surface area (TPSA) is 109 Å². The van der Waals surface area contributed by atoms with Gasteiger partial charge in [0.1, 0.15) is 5.60 Å². The molecule has 0 aromatic carbocycles. The zero-order valence-corrected chi connectivity index (χ0v) is 17.2. The van der Waals surface area contributed by atoms with Crippen LogP contribution in [0.4, 0.5) is 4.79 Å². The van der Waals surface area contributed by atoms with Gasteiger partial charge >= 0.3 is 6.09 Å². The summed E-state index contributed by atoms with van der Waals surface area (Å²) in [4.78, 5) is 33.3. The molecule has 156 valence electrons. The Morgan fingerprint density at radius 3 is 2.70 bits per heavy atom. The van der Waals surface area contributed by atoms with Crippen LogP contribution in [-0.4, -0.2) is 45.4 Å². The maximum Gasteiger partial charge on any atom is 0.419 e. The first-order chi connectivity index (χ1) is 14.2. The molecule has 4 rings (SSSR count). The van der Waals surface area contributed by atoms with Gasteiger partial charge in [0, 0.05) is 28.8 Å². The molecule has 2 N–H and O–H groups in total. The van der Waals surface area contributed by atoms with Gasteiger partial charge in [-0.1, -0.05) is 6.07 Å². The number of hydrogen-bond acceptors (Lipinski definition) is 6. The summed E-state index contributed by atoms with van der Waals surface area (Å²) in [5.74, 6) is -0.198. The van der Waals surface area contributed by atoms with Gasteiger partial charge in [-0.3, -0.25) is 19.3 Å². The lowest BCUT2D eigenvalue weighted by Gasteiger charge is -2.25. The molecule has 0 unspecified atom stereocenters. The Kier molecular flexibility index (Phi) is 5.03. The highest BCUT2D eigenvalue weighted by molar-refractivity contribution is 6.00. The first-order valence-electron chi connectivity index (χ1n) is 9.78. The molecule has 0 spiro atoms. The van der Waals surface area contributed by atoms with Crippen molar-refractivity contribution in [2.24, 2.45) is 5.73 Å². The predicted octanol–water partition coefficient (Wildman–Crippen LogP) is 3.02. The van der Waals surface area contributed by atoms with Crippen molar-refractivity contribution < 1.29 is 19.1 Å². The summed E-state index contributed by atoms with van der Waals surface area (Å²) >= 11 is 0. The fourth-order valence-corrected chi connectivity index (χ4v) is 3.34. The van der Waals surface area contributed by atoms with E-state index >= 15 is 0 Å². The molecule has 1 saturated heterocycles. The summed E-state index contributed by atoms with van der Waals surface area (Å²) in [6.45, 7) is 6.75. The standard InChI is InChI=1S/C22H24N4O4/c1-22(2,3)30-21(28)26-10-16(15-7-14(8-20(23)27)24-9-19(15)26)18-6-4-5-17(25-18)13-11-29-12-13/h4-7,9-10,13H,8,11-12H2,1-3H3,(H2,23,27). The molecular formula is C22H24N4O4. The van der Waals surface area contributed by atoms with Crippen LogP contribution in [0.25, 0.3) is 22.2 Å². The minimum Gasteiger partial charge on any atom is -0.443 e. The maximum atomic E-state index is 12.8. The smallest absolute Gasteiger partial charge is 0.419 e. The van der Waals surface area contributed by atoms with Crippen molar-refractivity contribution in [3.63, 3.8) is 0 Å². The van der Waals surface area contributed by atoms with Crippen LogP contribution in [0.3, 0.4) is 0 Å². The van der Waals surface area contributed by atoms with Crippen molar-refractivity contribution in [2.45, 2.75) is 38.7 Å². The van der Waals surface area contributed by atoms with Gasteiger partial charge in [0.05, 0.1) is 42.7 Å². The summed E-state index contributed by atoms with van der Waals surface area (Å²) in [6, 6.07) is 7.59. The summed E-state index contributed by atoms with van der Waals surface area (Å²) in [7, 11) is 0. The molecule has 1 amide bonds. The Hall–Kier alpha value is -3.26. The Bertz CT molecular complexity index is 1130. The van der Waals surface area contributed by atoms with Crippen molar-refractivity contribution in [2.75, 3.05) is 13.2 Å². The van der Waals surface area contributed by atoms with Crippen molar-refractivity contribution in [1.29, 1.82) is 0 Å². The van der Waals surface area contributed by atoms with Gasteiger partial charge in [-0.15, -0.1) is 0 Å². The third kappa shape index (κ3) is 4.04. The number of nitrogens with two attached hydrogens (primary N) is 1. The SMILES string of the molecule is CC(C)(C)OC(=O)n1cc(-c2cccc(C3COC3)n2)c2cc(CC(N)=O)ncc21. The molecule has 1 aliphatic rings. The summed E-state index contributed by atoms with van der Waals surface area (Å²) in [6.07, 6.45) is 2.77. The Morgan fingerprint density at radius 1 is 1.30 bits per heavy atom. The lowest BCUT2D eigenvalue weighted by Crippen LogP contribution is -2.26. The molecular weight excluding hydrogens is 384 g/mol. The van der Waals surface area contributed by atoms with Crippen molar-refractivity contribution >= 4 is 22.9 Å². The Morgan fingerprint density at radius 2 is 2.07 bits per heavy atom. The second-order valence-electron chi connectivity index (χ2n) is 8.41. The number of ether oxygens (including phenoxy) is 2. The van der Waals surface area contributed by atoms with E-state index in [1.807, 2.05) is 39.0 Å². The molecule has 1 aliphatic heterocycles. The monoisotopic (exact) mass is 408 g/mol. The summed E-state index contributed by atoms with van der Waals surface area (Å²) < 4.78 is 12.3. The number of hydrogen-bond donors (Lipinski definition) is 1. The fraction of sp³-hybridized carbons (Fsp3) is 0.364.